The number of aromatic nitrogens is 1. The van der Waals surface area contributed by atoms with Crippen molar-refractivity contribution >= 4 is 33.5 Å². The normalized spacial score (nSPS) is 10.5. The van der Waals surface area contributed by atoms with E-state index < -0.39 is 0 Å². The number of halogens is 2. The van der Waals surface area contributed by atoms with Crippen molar-refractivity contribution < 1.29 is 9.13 Å². The minimum Gasteiger partial charge on any atom is -0.481 e. The van der Waals surface area contributed by atoms with Gasteiger partial charge in [0.25, 0.3) is 0 Å². The van der Waals surface area contributed by atoms with Crippen LogP contribution in [0.2, 0.25) is 0 Å². The fourth-order valence-electron chi connectivity index (χ4n) is 1.25. The Hall–Kier alpha value is -0.910. The standard InChI is InChI=1S/C10H7FINO/c1-14-9-3-2-6-4-7(11)5-8(12)10(6)13-9/h2-5H,1H3. The van der Waals surface area contributed by atoms with Crippen LogP contribution in [0.4, 0.5) is 4.39 Å². The van der Waals surface area contributed by atoms with Crippen molar-refractivity contribution in [1.82, 2.24) is 4.98 Å². The van der Waals surface area contributed by atoms with Crippen LogP contribution in [0, 0.1) is 9.39 Å². The van der Waals surface area contributed by atoms with Crippen LogP contribution >= 0.6 is 22.6 Å². The zero-order valence-corrected chi connectivity index (χ0v) is 9.58. The molecular formula is C10H7FINO. The lowest BCUT2D eigenvalue weighted by Gasteiger charge is -2.03. The van der Waals surface area contributed by atoms with Gasteiger partial charge in [0.05, 0.1) is 12.6 Å². The molecule has 0 amide bonds. The van der Waals surface area contributed by atoms with Crippen molar-refractivity contribution in [3.63, 3.8) is 0 Å². The van der Waals surface area contributed by atoms with E-state index in [1.165, 1.54) is 12.1 Å². The fraction of sp³-hybridized carbons (Fsp3) is 0.100. The predicted molar refractivity (Wildman–Crippen MR) is 61.0 cm³/mol. The van der Waals surface area contributed by atoms with Crippen LogP contribution < -0.4 is 4.74 Å². The molecule has 0 saturated carbocycles. The van der Waals surface area contributed by atoms with Gasteiger partial charge < -0.3 is 4.74 Å². The van der Waals surface area contributed by atoms with Crippen molar-refractivity contribution in [2.24, 2.45) is 0 Å². The highest BCUT2D eigenvalue weighted by Crippen LogP contribution is 2.22. The van der Waals surface area contributed by atoms with Crippen LogP contribution in [0.15, 0.2) is 24.3 Å². The number of methoxy groups -OCH3 is 1. The quantitative estimate of drug-likeness (QED) is 0.756. The number of nitrogens with zero attached hydrogens (tertiary/aromatic N) is 1. The third kappa shape index (κ3) is 1.66. The molecule has 0 fully saturated rings. The molecule has 1 heterocycles. The number of ether oxygens (including phenoxy) is 1. The van der Waals surface area contributed by atoms with E-state index in [1.807, 2.05) is 0 Å². The Kier molecular flexibility index (Phi) is 2.54. The number of hydrogen-bond acceptors (Lipinski definition) is 2. The molecule has 0 atom stereocenters. The fourth-order valence-corrected chi connectivity index (χ4v) is 1.98. The van der Waals surface area contributed by atoms with E-state index in [-0.39, 0.29) is 5.82 Å². The Labute approximate surface area is 94.2 Å². The first-order valence-electron chi connectivity index (χ1n) is 4.00. The first-order chi connectivity index (χ1) is 6.70. The zero-order chi connectivity index (χ0) is 10.1. The molecule has 1 aromatic carbocycles. The lowest BCUT2D eigenvalue weighted by molar-refractivity contribution is 0.399. The molecule has 2 rings (SSSR count). The van der Waals surface area contributed by atoms with Gasteiger partial charge in [-0.2, -0.15) is 0 Å². The van der Waals surface area contributed by atoms with E-state index in [0.717, 1.165) is 14.5 Å². The molecule has 0 saturated heterocycles. The third-order valence-electron chi connectivity index (χ3n) is 1.89. The lowest BCUT2D eigenvalue weighted by Crippen LogP contribution is -1.90. The molecule has 2 nitrogen and oxygen atoms in total. The maximum absolute atomic E-state index is 13.0. The summed E-state index contributed by atoms with van der Waals surface area (Å²) in [6.07, 6.45) is 0. The molecule has 1 aromatic heterocycles. The second-order valence-electron chi connectivity index (χ2n) is 2.81. The van der Waals surface area contributed by atoms with Crippen LogP contribution in [0.1, 0.15) is 0 Å². The highest BCUT2D eigenvalue weighted by atomic mass is 127. The molecule has 72 valence electrons. The van der Waals surface area contributed by atoms with Crippen molar-refractivity contribution in [2.75, 3.05) is 7.11 Å². The largest absolute Gasteiger partial charge is 0.481 e. The molecule has 14 heavy (non-hydrogen) atoms. The highest BCUT2D eigenvalue weighted by molar-refractivity contribution is 14.1. The topological polar surface area (TPSA) is 22.1 Å². The van der Waals surface area contributed by atoms with Crippen LogP contribution in [0.25, 0.3) is 10.9 Å². The van der Waals surface area contributed by atoms with E-state index in [0.29, 0.717) is 5.88 Å². The van der Waals surface area contributed by atoms with E-state index in [2.05, 4.69) is 27.6 Å². The Morgan fingerprint density at radius 2 is 2.14 bits per heavy atom. The van der Waals surface area contributed by atoms with Crippen molar-refractivity contribution in [2.45, 2.75) is 0 Å². The predicted octanol–water partition coefficient (Wildman–Crippen LogP) is 2.99. The molecule has 0 aliphatic carbocycles. The summed E-state index contributed by atoms with van der Waals surface area (Å²) in [7, 11) is 1.56. The van der Waals surface area contributed by atoms with E-state index >= 15 is 0 Å². The number of hydrogen-bond donors (Lipinski definition) is 0. The Morgan fingerprint density at radius 1 is 1.36 bits per heavy atom. The summed E-state index contributed by atoms with van der Waals surface area (Å²) in [5.74, 6) is 0.302. The highest BCUT2D eigenvalue weighted by Gasteiger charge is 2.04. The van der Waals surface area contributed by atoms with Gasteiger partial charge in [-0.15, -0.1) is 0 Å². The molecule has 0 N–H and O–H groups in total. The zero-order valence-electron chi connectivity index (χ0n) is 7.42. The molecular weight excluding hydrogens is 296 g/mol. The van der Waals surface area contributed by atoms with Crippen LogP contribution in [0.5, 0.6) is 5.88 Å². The summed E-state index contributed by atoms with van der Waals surface area (Å²) in [4.78, 5) is 4.24. The summed E-state index contributed by atoms with van der Waals surface area (Å²) in [5, 5.41) is 0.787. The average molecular weight is 303 g/mol. The number of rotatable bonds is 1. The van der Waals surface area contributed by atoms with Crippen molar-refractivity contribution in [3.8, 4) is 5.88 Å². The van der Waals surface area contributed by atoms with Crippen LogP contribution in [0.3, 0.4) is 0 Å². The Morgan fingerprint density at radius 3 is 2.86 bits per heavy atom. The molecule has 0 unspecified atom stereocenters. The van der Waals surface area contributed by atoms with Crippen LogP contribution in [-0.2, 0) is 0 Å². The molecule has 2 aromatic rings. The summed E-state index contributed by atoms with van der Waals surface area (Å²) in [6.45, 7) is 0. The second-order valence-corrected chi connectivity index (χ2v) is 3.98. The van der Waals surface area contributed by atoms with E-state index in [1.54, 1.807) is 19.2 Å². The minimum atomic E-state index is -0.242. The van der Waals surface area contributed by atoms with Gasteiger partial charge in [0.1, 0.15) is 5.82 Å². The summed E-state index contributed by atoms with van der Waals surface area (Å²) < 4.78 is 18.8. The lowest BCUT2D eigenvalue weighted by atomic mass is 10.2. The van der Waals surface area contributed by atoms with Crippen molar-refractivity contribution in [1.29, 1.82) is 0 Å². The third-order valence-corrected chi connectivity index (χ3v) is 2.72. The Balaban J connectivity index is 2.75. The van der Waals surface area contributed by atoms with Crippen molar-refractivity contribution in [3.05, 3.63) is 33.7 Å². The van der Waals surface area contributed by atoms with Crippen LogP contribution in [-0.4, -0.2) is 12.1 Å². The molecule has 0 bridgehead atoms. The van der Waals surface area contributed by atoms with Gasteiger partial charge in [0, 0.05) is 15.0 Å². The first-order valence-corrected chi connectivity index (χ1v) is 5.08. The number of fused-ring (bicyclic) bond motifs is 1. The van der Waals surface area contributed by atoms with Gasteiger partial charge in [-0.05, 0) is 40.8 Å². The molecule has 4 heteroatoms. The maximum Gasteiger partial charge on any atom is 0.213 e. The first kappa shape index (κ1) is 9.64. The van der Waals surface area contributed by atoms with Gasteiger partial charge >= 0.3 is 0 Å². The number of benzene rings is 1. The number of pyridine rings is 1. The second kappa shape index (κ2) is 3.68. The molecule has 0 aliphatic heterocycles. The molecule has 0 spiro atoms. The molecule has 0 radical (unpaired) electrons. The van der Waals surface area contributed by atoms with E-state index in [9.17, 15) is 4.39 Å². The minimum absolute atomic E-state index is 0.242. The summed E-state index contributed by atoms with van der Waals surface area (Å²) >= 11 is 2.06. The SMILES string of the molecule is COc1ccc2cc(F)cc(I)c2n1. The van der Waals surface area contributed by atoms with Gasteiger partial charge in [0.15, 0.2) is 0 Å². The summed E-state index contributed by atoms with van der Waals surface area (Å²) in [6, 6.07) is 6.43. The van der Waals surface area contributed by atoms with Gasteiger partial charge in [-0.1, -0.05) is 0 Å². The molecule has 0 aliphatic rings. The van der Waals surface area contributed by atoms with Gasteiger partial charge in [-0.25, -0.2) is 9.37 Å². The Bertz CT molecular complexity index is 487. The maximum atomic E-state index is 13.0. The van der Waals surface area contributed by atoms with E-state index in [4.69, 9.17) is 4.74 Å². The summed E-state index contributed by atoms with van der Waals surface area (Å²) in [5.41, 5.74) is 0.770. The van der Waals surface area contributed by atoms with Gasteiger partial charge in [-0.3, -0.25) is 0 Å². The van der Waals surface area contributed by atoms with Gasteiger partial charge in [0.2, 0.25) is 5.88 Å². The average Bonchev–Trinajstić information content (AvgIpc) is 2.17. The smallest absolute Gasteiger partial charge is 0.213 e. The monoisotopic (exact) mass is 303 g/mol.